The highest BCUT2D eigenvalue weighted by molar-refractivity contribution is 6.05. The third kappa shape index (κ3) is 3.36. The topological polar surface area (TPSA) is 63.6 Å². The molecule has 23 heavy (non-hydrogen) atoms. The molecule has 5 nitrogen and oxygen atoms in total. The predicted molar refractivity (Wildman–Crippen MR) is 83.1 cm³/mol. The first-order valence-corrected chi connectivity index (χ1v) is 7.25. The highest BCUT2D eigenvalue weighted by atomic mass is 19.1. The SMILES string of the molecule is CC1(C(=O)NCc2cccnc2)CC(c2cccc(F)c2)=NO1. The monoisotopic (exact) mass is 313 g/mol. The summed E-state index contributed by atoms with van der Waals surface area (Å²) >= 11 is 0. The van der Waals surface area contributed by atoms with Gasteiger partial charge in [0.1, 0.15) is 5.82 Å². The summed E-state index contributed by atoms with van der Waals surface area (Å²) < 4.78 is 13.3. The van der Waals surface area contributed by atoms with Crippen LogP contribution in [0.2, 0.25) is 0 Å². The van der Waals surface area contributed by atoms with Crippen molar-refractivity contribution in [1.82, 2.24) is 10.3 Å². The maximum absolute atomic E-state index is 13.3. The van der Waals surface area contributed by atoms with Gasteiger partial charge in [-0.15, -0.1) is 0 Å². The van der Waals surface area contributed by atoms with Crippen molar-refractivity contribution in [1.29, 1.82) is 0 Å². The molecule has 118 valence electrons. The Kier molecular flexibility index (Phi) is 4.06. The van der Waals surface area contributed by atoms with E-state index in [1.807, 2.05) is 6.07 Å². The van der Waals surface area contributed by atoms with Crippen molar-refractivity contribution in [2.75, 3.05) is 0 Å². The molecule has 0 fully saturated rings. The summed E-state index contributed by atoms with van der Waals surface area (Å²) in [6.45, 7) is 2.03. The van der Waals surface area contributed by atoms with Crippen LogP contribution < -0.4 is 5.32 Å². The highest BCUT2D eigenvalue weighted by Crippen LogP contribution is 2.27. The Morgan fingerprint density at radius 2 is 2.26 bits per heavy atom. The van der Waals surface area contributed by atoms with Crippen LogP contribution in [0.5, 0.6) is 0 Å². The van der Waals surface area contributed by atoms with Crippen molar-refractivity contribution < 1.29 is 14.0 Å². The van der Waals surface area contributed by atoms with Gasteiger partial charge >= 0.3 is 0 Å². The van der Waals surface area contributed by atoms with Crippen molar-refractivity contribution in [3.8, 4) is 0 Å². The molecule has 1 atom stereocenters. The van der Waals surface area contributed by atoms with Crippen LogP contribution in [0.1, 0.15) is 24.5 Å². The van der Waals surface area contributed by atoms with Crippen LogP contribution in [0.4, 0.5) is 4.39 Å². The number of hydrogen-bond acceptors (Lipinski definition) is 4. The second-order valence-corrected chi connectivity index (χ2v) is 5.59. The quantitative estimate of drug-likeness (QED) is 0.943. The molecule has 1 aliphatic heterocycles. The molecule has 0 spiro atoms. The Hall–Kier alpha value is -2.76. The van der Waals surface area contributed by atoms with Crippen LogP contribution in [0.15, 0.2) is 53.9 Å². The number of benzene rings is 1. The van der Waals surface area contributed by atoms with Gasteiger partial charge in [0.2, 0.25) is 5.60 Å². The van der Waals surface area contributed by atoms with Crippen LogP contribution in [-0.4, -0.2) is 22.2 Å². The van der Waals surface area contributed by atoms with Crippen LogP contribution in [-0.2, 0) is 16.2 Å². The molecular formula is C17H16FN3O2. The van der Waals surface area contributed by atoms with Gasteiger partial charge in [-0.3, -0.25) is 9.78 Å². The van der Waals surface area contributed by atoms with Gasteiger partial charge in [-0.1, -0.05) is 23.4 Å². The van der Waals surface area contributed by atoms with E-state index in [1.165, 1.54) is 12.1 Å². The van der Waals surface area contributed by atoms with Gasteiger partial charge in [-0.2, -0.15) is 0 Å². The highest BCUT2D eigenvalue weighted by Gasteiger charge is 2.42. The van der Waals surface area contributed by atoms with Crippen molar-refractivity contribution in [3.63, 3.8) is 0 Å². The van der Waals surface area contributed by atoms with Crippen LogP contribution >= 0.6 is 0 Å². The fraction of sp³-hybridized carbons (Fsp3) is 0.235. The molecule has 3 rings (SSSR count). The minimum atomic E-state index is -1.09. The second-order valence-electron chi connectivity index (χ2n) is 5.59. The molecule has 0 bridgehead atoms. The minimum absolute atomic E-state index is 0.267. The van der Waals surface area contributed by atoms with E-state index in [-0.39, 0.29) is 18.1 Å². The largest absolute Gasteiger partial charge is 0.379 e. The third-order valence-electron chi connectivity index (χ3n) is 3.68. The Bertz CT molecular complexity index is 749. The van der Waals surface area contributed by atoms with E-state index in [2.05, 4.69) is 15.5 Å². The number of pyridine rings is 1. The van der Waals surface area contributed by atoms with E-state index >= 15 is 0 Å². The van der Waals surface area contributed by atoms with Gasteiger partial charge in [-0.25, -0.2) is 4.39 Å². The van der Waals surface area contributed by atoms with E-state index < -0.39 is 5.60 Å². The Morgan fingerprint density at radius 3 is 3.00 bits per heavy atom. The molecule has 0 saturated heterocycles. The van der Waals surface area contributed by atoms with Crippen LogP contribution in [0, 0.1) is 5.82 Å². The minimum Gasteiger partial charge on any atom is -0.379 e. The summed E-state index contributed by atoms with van der Waals surface area (Å²) in [5, 5.41) is 6.77. The molecule has 6 heteroatoms. The number of hydrogen-bond donors (Lipinski definition) is 1. The summed E-state index contributed by atoms with van der Waals surface area (Å²) in [6.07, 6.45) is 3.65. The molecule has 1 amide bonds. The molecule has 0 saturated carbocycles. The number of aromatic nitrogens is 1. The lowest BCUT2D eigenvalue weighted by Crippen LogP contribution is -2.44. The van der Waals surface area contributed by atoms with Gasteiger partial charge in [0.15, 0.2) is 0 Å². The van der Waals surface area contributed by atoms with Crippen LogP contribution in [0.3, 0.4) is 0 Å². The fourth-order valence-corrected chi connectivity index (χ4v) is 2.36. The number of halogens is 1. The van der Waals surface area contributed by atoms with Crippen LogP contribution in [0.25, 0.3) is 0 Å². The van der Waals surface area contributed by atoms with Gasteiger partial charge in [0, 0.05) is 30.9 Å². The first kappa shape index (κ1) is 15.1. The predicted octanol–water partition coefficient (Wildman–Crippen LogP) is 2.42. The number of nitrogens with one attached hydrogen (secondary N) is 1. The van der Waals surface area contributed by atoms with E-state index in [4.69, 9.17) is 4.84 Å². The molecule has 0 aliphatic carbocycles. The van der Waals surface area contributed by atoms with E-state index in [9.17, 15) is 9.18 Å². The Morgan fingerprint density at radius 1 is 1.39 bits per heavy atom. The zero-order valence-electron chi connectivity index (χ0n) is 12.6. The molecule has 1 N–H and O–H groups in total. The number of nitrogens with zero attached hydrogens (tertiary/aromatic N) is 2. The standard InChI is InChI=1S/C17H16FN3O2/c1-17(16(22)20-11-12-4-3-7-19-10-12)9-15(21-23-17)13-5-2-6-14(18)8-13/h2-8,10H,9,11H2,1H3,(H,20,22). The average molecular weight is 313 g/mol. The maximum atomic E-state index is 13.3. The number of rotatable bonds is 4. The van der Waals surface area contributed by atoms with E-state index in [1.54, 1.807) is 37.5 Å². The Labute approximate surface area is 133 Å². The van der Waals surface area contributed by atoms with Crippen molar-refractivity contribution in [3.05, 3.63) is 65.7 Å². The lowest BCUT2D eigenvalue weighted by Gasteiger charge is -2.20. The van der Waals surface area contributed by atoms with E-state index in [0.717, 1.165) is 5.56 Å². The van der Waals surface area contributed by atoms with Crippen molar-refractivity contribution in [2.24, 2.45) is 5.16 Å². The zero-order valence-corrected chi connectivity index (χ0v) is 12.6. The lowest BCUT2D eigenvalue weighted by atomic mass is 9.95. The number of carbonyl (C=O) groups excluding carboxylic acids is 1. The van der Waals surface area contributed by atoms with E-state index in [0.29, 0.717) is 17.8 Å². The molecule has 2 heterocycles. The normalized spacial score (nSPS) is 19.8. The van der Waals surface area contributed by atoms with Gasteiger partial charge in [0.05, 0.1) is 5.71 Å². The molecule has 1 aliphatic rings. The summed E-state index contributed by atoms with van der Waals surface area (Å²) in [6, 6.07) is 9.76. The first-order chi connectivity index (χ1) is 11.1. The molecule has 1 aromatic heterocycles. The van der Waals surface area contributed by atoms with Gasteiger partial charge in [0.25, 0.3) is 5.91 Å². The van der Waals surface area contributed by atoms with Crippen molar-refractivity contribution in [2.45, 2.75) is 25.5 Å². The zero-order chi connectivity index (χ0) is 16.3. The second kappa shape index (κ2) is 6.16. The lowest BCUT2D eigenvalue weighted by molar-refractivity contribution is -0.141. The third-order valence-corrected chi connectivity index (χ3v) is 3.68. The smallest absolute Gasteiger partial charge is 0.267 e. The molecule has 2 aromatic rings. The fourth-order valence-electron chi connectivity index (χ4n) is 2.36. The Balaban J connectivity index is 1.64. The molecular weight excluding hydrogens is 297 g/mol. The number of oxime groups is 1. The molecule has 1 aromatic carbocycles. The molecule has 1 unspecified atom stereocenters. The number of carbonyl (C=O) groups is 1. The summed E-state index contributed by atoms with van der Waals surface area (Å²) in [4.78, 5) is 21.7. The summed E-state index contributed by atoms with van der Waals surface area (Å²) in [7, 11) is 0. The molecule has 0 radical (unpaired) electrons. The first-order valence-electron chi connectivity index (χ1n) is 7.25. The van der Waals surface area contributed by atoms with Gasteiger partial charge in [-0.05, 0) is 30.7 Å². The number of amides is 1. The van der Waals surface area contributed by atoms with Crippen molar-refractivity contribution >= 4 is 11.6 Å². The maximum Gasteiger partial charge on any atom is 0.267 e. The summed E-state index contributed by atoms with van der Waals surface area (Å²) in [5.41, 5.74) is 0.982. The summed E-state index contributed by atoms with van der Waals surface area (Å²) in [5.74, 6) is -0.615. The average Bonchev–Trinajstić information content (AvgIpc) is 2.97. The van der Waals surface area contributed by atoms with Gasteiger partial charge < -0.3 is 10.2 Å².